The summed E-state index contributed by atoms with van der Waals surface area (Å²) in [5.41, 5.74) is -0.558. The van der Waals surface area contributed by atoms with Gasteiger partial charge in [-0.3, -0.25) is 9.36 Å². The standard InChI is InChI=1S/C42H50N3O10PS/c1-9-39(2,3)37(46)57-26-25-51-56(48)52-27-33-35-41(6,55-40(4,5)54-35)36(53-33)45-24-23-34(43-38(45)47)44-42(28-13-11-10-12-14-28,29-15-19-31(49-7)20-16-29)30-17-21-32(50-8)22-18-30/h10-24,33,35-36H,9,25-27H2,1-8H3/p+1/t33-,35+,36-,41?/m1/s1. The van der Waals surface area contributed by atoms with Crippen LogP contribution in [0.25, 0.3) is 0 Å². The molecule has 13 nitrogen and oxygen atoms in total. The topological polar surface area (TPSA) is 146 Å². The molecule has 2 aliphatic rings. The van der Waals surface area contributed by atoms with Crippen LogP contribution in [0.3, 0.4) is 0 Å². The van der Waals surface area contributed by atoms with Gasteiger partial charge in [0.2, 0.25) is 0 Å². The summed E-state index contributed by atoms with van der Waals surface area (Å²) >= 11 is 1.15. The Kier molecular flexibility index (Phi) is 12.9. The molecule has 1 aromatic heterocycles. The lowest BCUT2D eigenvalue weighted by atomic mass is 9.77. The Morgan fingerprint density at radius 2 is 1.51 bits per heavy atom. The summed E-state index contributed by atoms with van der Waals surface area (Å²) < 4.78 is 55.1. The van der Waals surface area contributed by atoms with Gasteiger partial charge in [-0.2, -0.15) is 4.98 Å². The number of methoxy groups -OCH3 is 2. The third kappa shape index (κ3) is 8.97. The van der Waals surface area contributed by atoms with Crippen LogP contribution in [0.5, 0.6) is 11.5 Å². The molecule has 6 rings (SSSR count). The van der Waals surface area contributed by atoms with Crippen molar-refractivity contribution in [2.24, 2.45) is 5.41 Å². The van der Waals surface area contributed by atoms with Gasteiger partial charge in [0.15, 0.2) is 17.1 Å². The molecule has 0 aliphatic carbocycles. The lowest BCUT2D eigenvalue weighted by molar-refractivity contribution is -0.217. The van der Waals surface area contributed by atoms with Crippen molar-refractivity contribution >= 4 is 30.9 Å². The lowest BCUT2D eigenvalue weighted by Gasteiger charge is -2.37. The molecule has 57 heavy (non-hydrogen) atoms. The van der Waals surface area contributed by atoms with Crippen molar-refractivity contribution in [2.75, 3.05) is 38.5 Å². The highest BCUT2D eigenvalue weighted by atomic mass is 32.2. The SMILES string of the molecule is CCC(C)(C)C(=O)SCCO[P+](=O)OC[C@H]1O[C@@H](n2ccc(NC(c3ccccc3)(c3ccc(OC)cc3)c3ccc(OC)cc3)nc2=O)C2(C)OC(C)(C)O[C@@H]12. The van der Waals surface area contributed by atoms with Crippen molar-refractivity contribution < 1.29 is 42.1 Å². The lowest BCUT2D eigenvalue weighted by Crippen LogP contribution is -2.45. The number of hydrogen-bond acceptors (Lipinski definition) is 13. The molecule has 1 N–H and O–H groups in total. The van der Waals surface area contributed by atoms with Crippen LogP contribution in [0.2, 0.25) is 0 Å². The van der Waals surface area contributed by atoms with E-state index >= 15 is 0 Å². The van der Waals surface area contributed by atoms with Crippen LogP contribution < -0.4 is 20.5 Å². The maximum Gasteiger partial charge on any atom is 0.697 e. The first kappa shape index (κ1) is 42.5. The second-order valence-corrected chi connectivity index (χ2v) is 17.2. The average molecular weight is 821 g/mol. The zero-order chi connectivity index (χ0) is 41.0. The number of hydrogen-bond donors (Lipinski definition) is 1. The molecule has 0 saturated carbocycles. The van der Waals surface area contributed by atoms with Gasteiger partial charge in [0, 0.05) is 21.9 Å². The van der Waals surface area contributed by atoms with E-state index in [0.29, 0.717) is 23.1 Å². The van der Waals surface area contributed by atoms with Crippen molar-refractivity contribution in [3.8, 4) is 11.5 Å². The molecule has 0 amide bonds. The number of nitrogens with one attached hydrogen (secondary N) is 1. The quantitative estimate of drug-likeness (QED) is 0.0627. The van der Waals surface area contributed by atoms with Gasteiger partial charge in [0.25, 0.3) is 0 Å². The van der Waals surface area contributed by atoms with E-state index < -0.39 is 54.7 Å². The van der Waals surface area contributed by atoms with Crippen molar-refractivity contribution in [1.82, 2.24) is 9.55 Å². The maximum atomic E-state index is 14.1. The summed E-state index contributed by atoms with van der Waals surface area (Å²) in [6.07, 6.45) is -0.104. The maximum absolute atomic E-state index is 14.1. The Hall–Kier alpha value is -4.14. The highest BCUT2D eigenvalue weighted by Gasteiger charge is 2.65. The molecule has 0 bridgehead atoms. The summed E-state index contributed by atoms with van der Waals surface area (Å²) in [5, 5.41) is 3.68. The Morgan fingerprint density at radius 3 is 2.07 bits per heavy atom. The van der Waals surface area contributed by atoms with Gasteiger partial charge >= 0.3 is 13.9 Å². The number of benzene rings is 3. The summed E-state index contributed by atoms with van der Waals surface area (Å²) in [6.45, 7) is 11.0. The van der Waals surface area contributed by atoms with Gasteiger partial charge in [0.05, 0.1) is 14.2 Å². The number of rotatable bonds is 17. The van der Waals surface area contributed by atoms with Crippen molar-refractivity contribution in [3.05, 3.63) is 118 Å². The molecule has 0 radical (unpaired) electrons. The largest absolute Gasteiger partial charge is 0.697 e. The van der Waals surface area contributed by atoms with Crippen LogP contribution in [0, 0.1) is 5.41 Å². The number of aromatic nitrogens is 2. The fourth-order valence-electron chi connectivity index (χ4n) is 7.21. The van der Waals surface area contributed by atoms with E-state index in [1.807, 2.05) is 107 Å². The van der Waals surface area contributed by atoms with E-state index in [4.69, 9.17) is 32.7 Å². The minimum Gasteiger partial charge on any atom is -0.497 e. The average Bonchev–Trinajstić information content (AvgIpc) is 3.62. The second kappa shape index (κ2) is 17.4. The molecule has 2 saturated heterocycles. The summed E-state index contributed by atoms with van der Waals surface area (Å²) in [5.74, 6) is 1.03. The van der Waals surface area contributed by atoms with E-state index in [2.05, 4.69) is 10.3 Å². The Balaban J connectivity index is 1.26. The first-order valence-corrected chi connectivity index (χ1v) is 20.9. The molecule has 4 aromatic rings. The Bertz CT molecular complexity index is 2030. The van der Waals surface area contributed by atoms with E-state index in [9.17, 15) is 14.2 Å². The van der Waals surface area contributed by atoms with Gasteiger partial charge in [-0.25, -0.2) is 4.79 Å². The van der Waals surface area contributed by atoms with Crippen LogP contribution in [0.15, 0.2) is 95.9 Å². The van der Waals surface area contributed by atoms with Gasteiger partial charge in [-0.1, -0.05) is 87.1 Å². The number of ether oxygens (including phenoxy) is 5. The molecule has 5 atom stereocenters. The number of nitrogens with zero attached hydrogens (tertiary/aromatic N) is 2. The highest BCUT2D eigenvalue weighted by molar-refractivity contribution is 8.13. The van der Waals surface area contributed by atoms with Crippen LogP contribution >= 0.6 is 20.0 Å². The van der Waals surface area contributed by atoms with Crippen LogP contribution in [-0.2, 0) is 38.2 Å². The Labute approximate surface area is 338 Å². The third-order valence-electron chi connectivity index (χ3n) is 10.5. The normalized spacial score (nSPS) is 21.8. The van der Waals surface area contributed by atoms with Crippen molar-refractivity contribution in [1.29, 1.82) is 0 Å². The molecule has 2 unspecified atom stereocenters. The zero-order valence-corrected chi connectivity index (χ0v) is 35.3. The molecule has 2 fully saturated rings. The van der Waals surface area contributed by atoms with E-state index in [-0.39, 0.29) is 18.3 Å². The van der Waals surface area contributed by atoms with Crippen LogP contribution in [0.4, 0.5) is 5.82 Å². The summed E-state index contributed by atoms with van der Waals surface area (Å²) in [6, 6.07) is 27.1. The molecular weight excluding hydrogens is 770 g/mol. The molecule has 3 aromatic carbocycles. The van der Waals surface area contributed by atoms with Crippen molar-refractivity contribution in [3.63, 3.8) is 0 Å². The fourth-order valence-corrected chi connectivity index (χ4v) is 8.80. The molecule has 15 heteroatoms. The second-order valence-electron chi connectivity index (χ2n) is 15.2. The minimum atomic E-state index is -2.53. The highest BCUT2D eigenvalue weighted by Crippen LogP contribution is 2.51. The summed E-state index contributed by atoms with van der Waals surface area (Å²) in [7, 11) is 0.709. The van der Waals surface area contributed by atoms with Crippen LogP contribution in [0.1, 0.15) is 70.9 Å². The van der Waals surface area contributed by atoms with Crippen molar-refractivity contribution in [2.45, 2.75) is 83.3 Å². The first-order valence-electron chi connectivity index (χ1n) is 18.8. The number of fused-ring (bicyclic) bond motifs is 1. The number of carbonyl (C=O) groups excluding carboxylic acids is 1. The number of carbonyl (C=O) groups is 1. The molecule has 3 heterocycles. The minimum absolute atomic E-state index is 0.0500. The number of thioether (sulfide) groups is 1. The van der Waals surface area contributed by atoms with E-state index in [1.54, 1.807) is 40.3 Å². The third-order valence-corrected chi connectivity index (χ3v) is 12.5. The van der Waals surface area contributed by atoms with E-state index in [0.717, 1.165) is 34.9 Å². The molecule has 2 aliphatic heterocycles. The zero-order valence-electron chi connectivity index (χ0n) is 33.6. The molecule has 304 valence electrons. The van der Waals surface area contributed by atoms with Gasteiger partial charge < -0.3 is 29.0 Å². The van der Waals surface area contributed by atoms with Gasteiger partial charge in [-0.05, 0) is 74.2 Å². The molecule has 0 spiro atoms. The molecular formula is C42H51N3O10PS+. The fraction of sp³-hybridized carbons (Fsp3) is 0.452. The summed E-state index contributed by atoms with van der Waals surface area (Å²) in [4.78, 5) is 31.1. The monoisotopic (exact) mass is 820 g/mol. The smallest absolute Gasteiger partial charge is 0.497 e. The predicted octanol–water partition coefficient (Wildman–Crippen LogP) is 7.86. The Morgan fingerprint density at radius 1 is 0.912 bits per heavy atom. The van der Waals surface area contributed by atoms with Gasteiger partial charge in [0.1, 0.15) is 53.9 Å². The first-order chi connectivity index (χ1) is 27.2. The number of anilines is 1. The van der Waals surface area contributed by atoms with E-state index in [1.165, 1.54) is 4.57 Å². The predicted molar refractivity (Wildman–Crippen MR) is 218 cm³/mol. The van der Waals surface area contributed by atoms with Gasteiger partial charge in [-0.15, -0.1) is 9.05 Å². The van der Waals surface area contributed by atoms with Crippen LogP contribution in [-0.4, -0.2) is 71.4 Å².